The fourth-order valence-corrected chi connectivity index (χ4v) is 6.17. The lowest BCUT2D eigenvalue weighted by atomic mass is 10.1. The summed E-state index contributed by atoms with van der Waals surface area (Å²) in [5.41, 5.74) is 2.64. The standard InChI is InChI=1S/C34H40ClN5O3S/c1-2-23-43-30-15-11-28(12-16-30)36-32(41)24-31-33(42)40(29-13-9-27(35)10-14-29)34(44)39(31)18-6-17-37-19-21-38(22-20-37)25-26-7-4-3-5-8-26/h3-5,7-16,31H,2,6,17-25H2,1H3,(H,36,41)/t31-/m0/s1. The van der Waals surface area contributed by atoms with Gasteiger partial charge in [0.05, 0.1) is 18.7 Å². The molecule has 232 valence electrons. The second-order valence-corrected chi connectivity index (χ2v) is 12.0. The number of nitrogens with zero attached hydrogens (tertiary/aromatic N) is 4. The minimum Gasteiger partial charge on any atom is -0.494 e. The molecule has 0 unspecified atom stereocenters. The highest BCUT2D eigenvalue weighted by Crippen LogP contribution is 2.29. The Labute approximate surface area is 270 Å². The van der Waals surface area contributed by atoms with Crippen LogP contribution in [0.1, 0.15) is 31.7 Å². The average molecular weight is 634 g/mol. The van der Waals surface area contributed by atoms with Crippen LogP contribution in [0.5, 0.6) is 5.75 Å². The average Bonchev–Trinajstić information content (AvgIpc) is 3.26. The van der Waals surface area contributed by atoms with E-state index in [0.29, 0.717) is 34.7 Å². The van der Waals surface area contributed by atoms with Gasteiger partial charge in [-0.3, -0.25) is 19.4 Å². The Hall–Kier alpha value is -3.50. The molecule has 0 aliphatic carbocycles. The minimum absolute atomic E-state index is 0.00465. The molecule has 2 aliphatic rings. The minimum atomic E-state index is -0.687. The first-order chi connectivity index (χ1) is 21.4. The second kappa shape index (κ2) is 15.5. The lowest BCUT2D eigenvalue weighted by molar-refractivity contribution is -0.124. The van der Waals surface area contributed by atoms with Gasteiger partial charge in [-0.05, 0) is 85.7 Å². The number of nitrogens with one attached hydrogen (secondary N) is 1. The maximum absolute atomic E-state index is 13.7. The number of amides is 2. The molecule has 0 spiro atoms. The van der Waals surface area contributed by atoms with Gasteiger partial charge in [0.2, 0.25) is 5.91 Å². The van der Waals surface area contributed by atoms with E-state index in [1.54, 1.807) is 36.4 Å². The molecule has 44 heavy (non-hydrogen) atoms. The van der Waals surface area contributed by atoms with Gasteiger partial charge in [0.15, 0.2) is 5.11 Å². The highest BCUT2D eigenvalue weighted by molar-refractivity contribution is 7.80. The van der Waals surface area contributed by atoms with Gasteiger partial charge in [-0.25, -0.2) is 0 Å². The van der Waals surface area contributed by atoms with Crippen molar-refractivity contribution in [1.29, 1.82) is 0 Å². The van der Waals surface area contributed by atoms with E-state index in [2.05, 4.69) is 52.4 Å². The molecule has 1 N–H and O–H groups in total. The van der Waals surface area contributed by atoms with Gasteiger partial charge in [0, 0.05) is 50.0 Å². The Kier molecular flexibility index (Phi) is 11.2. The van der Waals surface area contributed by atoms with Crippen LogP contribution < -0.4 is 15.0 Å². The summed E-state index contributed by atoms with van der Waals surface area (Å²) in [6, 6.07) is 24.2. The quantitative estimate of drug-likeness (QED) is 0.243. The molecule has 2 fully saturated rings. The van der Waals surface area contributed by atoms with Crippen molar-refractivity contribution in [3.05, 3.63) is 89.4 Å². The summed E-state index contributed by atoms with van der Waals surface area (Å²) in [5, 5.41) is 3.93. The van der Waals surface area contributed by atoms with Crippen LogP contribution in [0.3, 0.4) is 0 Å². The first kappa shape index (κ1) is 31.9. The number of hydrogen-bond donors (Lipinski definition) is 1. The van der Waals surface area contributed by atoms with E-state index in [1.165, 1.54) is 10.5 Å². The van der Waals surface area contributed by atoms with E-state index in [9.17, 15) is 9.59 Å². The van der Waals surface area contributed by atoms with Gasteiger partial charge in [0.25, 0.3) is 5.91 Å². The smallest absolute Gasteiger partial charge is 0.256 e. The largest absolute Gasteiger partial charge is 0.494 e. The highest BCUT2D eigenvalue weighted by Gasteiger charge is 2.44. The topological polar surface area (TPSA) is 68.4 Å². The van der Waals surface area contributed by atoms with Crippen molar-refractivity contribution < 1.29 is 14.3 Å². The zero-order valence-electron chi connectivity index (χ0n) is 25.2. The molecular weight excluding hydrogens is 594 g/mol. The molecule has 5 rings (SSSR count). The Morgan fingerprint density at radius 3 is 2.30 bits per heavy atom. The third-order valence-corrected chi connectivity index (χ3v) is 8.65. The maximum Gasteiger partial charge on any atom is 0.256 e. The number of piperazine rings is 1. The van der Waals surface area contributed by atoms with Gasteiger partial charge in [-0.2, -0.15) is 0 Å². The fraction of sp³-hybridized carbons (Fsp3) is 0.382. The second-order valence-electron chi connectivity index (χ2n) is 11.2. The van der Waals surface area contributed by atoms with E-state index in [4.69, 9.17) is 28.6 Å². The number of anilines is 2. The number of rotatable bonds is 13. The molecule has 3 aromatic rings. The number of ether oxygens (including phenoxy) is 1. The highest BCUT2D eigenvalue weighted by atomic mass is 35.5. The van der Waals surface area contributed by atoms with Gasteiger partial charge in [-0.1, -0.05) is 48.9 Å². The van der Waals surface area contributed by atoms with Crippen molar-refractivity contribution in [2.24, 2.45) is 0 Å². The summed E-state index contributed by atoms with van der Waals surface area (Å²) in [6.07, 6.45) is 1.75. The molecule has 2 heterocycles. The molecule has 0 saturated carbocycles. The predicted octanol–water partition coefficient (Wildman–Crippen LogP) is 5.67. The zero-order valence-corrected chi connectivity index (χ0v) is 26.7. The Balaban J connectivity index is 1.19. The molecule has 1 atom stereocenters. The third kappa shape index (κ3) is 8.35. The lowest BCUT2D eigenvalue weighted by Crippen LogP contribution is -2.47. The first-order valence-electron chi connectivity index (χ1n) is 15.3. The van der Waals surface area contributed by atoms with Crippen LogP contribution >= 0.6 is 23.8 Å². The van der Waals surface area contributed by atoms with Gasteiger partial charge < -0.3 is 19.9 Å². The van der Waals surface area contributed by atoms with E-state index < -0.39 is 6.04 Å². The molecule has 2 amide bonds. The van der Waals surface area contributed by atoms with E-state index in [0.717, 1.165) is 57.9 Å². The van der Waals surface area contributed by atoms with Crippen LogP contribution in [0.4, 0.5) is 11.4 Å². The number of benzene rings is 3. The third-order valence-electron chi connectivity index (χ3n) is 7.98. The zero-order chi connectivity index (χ0) is 30.9. The summed E-state index contributed by atoms with van der Waals surface area (Å²) < 4.78 is 5.64. The SMILES string of the molecule is CCCOc1ccc(NC(=O)C[C@H]2C(=O)N(c3ccc(Cl)cc3)C(=S)N2CCCN2CCN(Cc3ccccc3)CC2)cc1. The summed E-state index contributed by atoms with van der Waals surface area (Å²) in [6.45, 7) is 9.19. The van der Waals surface area contributed by atoms with E-state index in [-0.39, 0.29) is 18.2 Å². The van der Waals surface area contributed by atoms with E-state index in [1.807, 2.05) is 17.0 Å². The number of hydrogen-bond acceptors (Lipinski definition) is 6. The van der Waals surface area contributed by atoms with Crippen LogP contribution in [0.15, 0.2) is 78.9 Å². The van der Waals surface area contributed by atoms with Crippen LogP contribution in [-0.2, 0) is 16.1 Å². The number of carbonyl (C=O) groups is 2. The van der Waals surface area contributed by atoms with Crippen LogP contribution in [0.2, 0.25) is 5.02 Å². The monoisotopic (exact) mass is 633 g/mol. The summed E-state index contributed by atoms with van der Waals surface area (Å²) in [4.78, 5) is 35.3. The number of thiocarbonyl (C=S) groups is 1. The van der Waals surface area contributed by atoms with Crippen LogP contribution in [0.25, 0.3) is 0 Å². The van der Waals surface area contributed by atoms with Crippen molar-refractivity contribution in [2.75, 3.05) is 56.1 Å². The molecule has 3 aromatic carbocycles. The summed E-state index contributed by atoms with van der Waals surface area (Å²) in [5.74, 6) is 0.305. The van der Waals surface area contributed by atoms with Crippen molar-refractivity contribution in [3.8, 4) is 5.75 Å². The molecule has 0 radical (unpaired) electrons. The molecule has 0 aromatic heterocycles. The van der Waals surface area contributed by atoms with Crippen molar-refractivity contribution in [3.63, 3.8) is 0 Å². The summed E-state index contributed by atoms with van der Waals surface area (Å²) >= 11 is 11.9. The maximum atomic E-state index is 13.7. The van der Waals surface area contributed by atoms with Gasteiger partial charge >= 0.3 is 0 Å². The Morgan fingerprint density at radius 2 is 1.61 bits per heavy atom. The number of carbonyl (C=O) groups excluding carboxylic acids is 2. The van der Waals surface area contributed by atoms with Crippen molar-refractivity contribution in [2.45, 2.75) is 38.8 Å². The normalized spacial score (nSPS) is 17.7. The molecule has 8 nitrogen and oxygen atoms in total. The van der Waals surface area contributed by atoms with Gasteiger partial charge in [0.1, 0.15) is 11.8 Å². The lowest BCUT2D eigenvalue weighted by Gasteiger charge is -2.35. The number of halogens is 1. The molecule has 2 aliphatic heterocycles. The molecule has 10 heteroatoms. The van der Waals surface area contributed by atoms with E-state index >= 15 is 0 Å². The van der Waals surface area contributed by atoms with Crippen LogP contribution in [0, 0.1) is 0 Å². The fourth-order valence-electron chi connectivity index (χ4n) is 5.63. The van der Waals surface area contributed by atoms with Crippen molar-refractivity contribution >= 4 is 52.1 Å². The Bertz CT molecular complexity index is 1400. The van der Waals surface area contributed by atoms with Gasteiger partial charge in [-0.15, -0.1) is 0 Å². The first-order valence-corrected chi connectivity index (χ1v) is 16.1. The summed E-state index contributed by atoms with van der Waals surface area (Å²) in [7, 11) is 0. The molecule has 2 saturated heterocycles. The van der Waals surface area contributed by atoms with Crippen LogP contribution in [-0.4, -0.2) is 83.5 Å². The molecule has 0 bridgehead atoms. The Morgan fingerprint density at radius 1 is 0.932 bits per heavy atom. The van der Waals surface area contributed by atoms with Crippen molar-refractivity contribution in [1.82, 2.24) is 14.7 Å². The molecular formula is C34H40ClN5O3S. The predicted molar refractivity (Wildman–Crippen MR) is 180 cm³/mol.